The quantitative estimate of drug-likeness (QED) is 0.915. The highest BCUT2D eigenvalue weighted by Gasteiger charge is 2.41. The number of amides is 2. The van der Waals surface area contributed by atoms with Gasteiger partial charge >= 0.3 is 0 Å². The van der Waals surface area contributed by atoms with Crippen LogP contribution in [0, 0.1) is 12.8 Å². The fourth-order valence-corrected chi connectivity index (χ4v) is 3.34. The third-order valence-corrected chi connectivity index (χ3v) is 4.75. The van der Waals surface area contributed by atoms with Crippen LogP contribution in [-0.4, -0.2) is 42.2 Å². The number of nitrogens with zero attached hydrogens (tertiary/aromatic N) is 1. The standard InChI is InChI=1S/C18H22N2O4/c1-11-5-6-16(24-2)14(8-11)19-17(22)15-4-3-7-20(15)18(23)12-9-13(21)10-12/h5-6,8,12,15H,3-4,7,9-10H2,1-2H3,(H,19,22)/t15-/m0/s1. The third kappa shape index (κ3) is 3.13. The average Bonchev–Trinajstić information content (AvgIpc) is 3.01. The molecule has 0 bridgehead atoms. The Morgan fingerprint density at radius 1 is 1.29 bits per heavy atom. The number of ether oxygens (including phenoxy) is 1. The Balaban J connectivity index is 1.71. The summed E-state index contributed by atoms with van der Waals surface area (Å²) in [4.78, 5) is 37.9. The van der Waals surface area contributed by atoms with Gasteiger partial charge in [-0.15, -0.1) is 0 Å². The Bertz CT molecular complexity index is 678. The second-order valence-electron chi connectivity index (χ2n) is 6.53. The molecule has 1 aromatic rings. The molecule has 1 heterocycles. The van der Waals surface area contributed by atoms with E-state index in [1.165, 1.54) is 0 Å². The van der Waals surface area contributed by atoms with Crippen molar-refractivity contribution in [2.45, 2.75) is 38.6 Å². The number of rotatable bonds is 4. The molecule has 0 unspecified atom stereocenters. The lowest BCUT2D eigenvalue weighted by molar-refractivity contribution is -0.147. The lowest BCUT2D eigenvalue weighted by atomic mass is 9.83. The Morgan fingerprint density at radius 2 is 2.04 bits per heavy atom. The number of anilines is 1. The molecule has 0 aromatic heterocycles. The summed E-state index contributed by atoms with van der Waals surface area (Å²) >= 11 is 0. The van der Waals surface area contributed by atoms with Crippen molar-refractivity contribution in [3.63, 3.8) is 0 Å². The number of hydrogen-bond acceptors (Lipinski definition) is 4. The molecule has 6 heteroatoms. The molecular formula is C18H22N2O4. The van der Waals surface area contributed by atoms with Crippen LogP contribution in [0.3, 0.4) is 0 Å². The topological polar surface area (TPSA) is 75.7 Å². The first kappa shape index (κ1) is 16.5. The van der Waals surface area contributed by atoms with Crippen molar-refractivity contribution >= 4 is 23.3 Å². The SMILES string of the molecule is COc1ccc(C)cc1NC(=O)[C@@H]1CCCN1C(=O)C1CC(=O)C1. The second-order valence-corrected chi connectivity index (χ2v) is 6.53. The number of ketones is 1. The van der Waals surface area contributed by atoms with Crippen LogP contribution in [0.1, 0.15) is 31.2 Å². The van der Waals surface area contributed by atoms with Crippen LogP contribution in [0.5, 0.6) is 5.75 Å². The average molecular weight is 330 g/mol. The molecular weight excluding hydrogens is 308 g/mol. The number of nitrogens with one attached hydrogen (secondary N) is 1. The lowest BCUT2D eigenvalue weighted by Gasteiger charge is -2.31. The monoisotopic (exact) mass is 330 g/mol. The molecule has 1 aromatic carbocycles. The third-order valence-electron chi connectivity index (χ3n) is 4.75. The molecule has 1 atom stereocenters. The molecule has 3 rings (SSSR count). The van der Waals surface area contributed by atoms with Crippen molar-refractivity contribution in [3.8, 4) is 5.75 Å². The summed E-state index contributed by atoms with van der Waals surface area (Å²) in [7, 11) is 1.55. The smallest absolute Gasteiger partial charge is 0.247 e. The van der Waals surface area contributed by atoms with Crippen LogP contribution in [-0.2, 0) is 14.4 Å². The maximum atomic E-state index is 12.7. The van der Waals surface area contributed by atoms with E-state index >= 15 is 0 Å². The van der Waals surface area contributed by atoms with Gasteiger partial charge in [0, 0.05) is 19.4 Å². The van der Waals surface area contributed by atoms with Gasteiger partial charge < -0.3 is 15.0 Å². The summed E-state index contributed by atoms with van der Waals surface area (Å²) in [6, 6.07) is 5.09. The predicted molar refractivity (Wildman–Crippen MR) is 88.8 cm³/mol. The number of carbonyl (C=O) groups is 3. The van der Waals surface area contributed by atoms with E-state index in [1.807, 2.05) is 25.1 Å². The summed E-state index contributed by atoms with van der Waals surface area (Å²) in [5, 5.41) is 2.89. The fourth-order valence-electron chi connectivity index (χ4n) is 3.34. The van der Waals surface area contributed by atoms with Gasteiger partial charge in [0.1, 0.15) is 17.6 Å². The summed E-state index contributed by atoms with van der Waals surface area (Å²) in [5.74, 6) is 0.214. The molecule has 2 amide bonds. The van der Waals surface area contributed by atoms with E-state index in [0.717, 1.165) is 12.0 Å². The van der Waals surface area contributed by atoms with Crippen molar-refractivity contribution in [2.75, 3.05) is 19.0 Å². The molecule has 24 heavy (non-hydrogen) atoms. The first-order valence-electron chi connectivity index (χ1n) is 8.27. The highest BCUT2D eigenvalue weighted by Crippen LogP contribution is 2.30. The van der Waals surface area contributed by atoms with E-state index in [1.54, 1.807) is 12.0 Å². The number of benzene rings is 1. The van der Waals surface area contributed by atoms with Gasteiger partial charge in [-0.3, -0.25) is 14.4 Å². The Labute approximate surface area is 141 Å². The summed E-state index contributed by atoms with van der Waals surface area (Å²) < 4.78 is 5.28. The maximum absolute atomic E-state index is 12.7. The molecule has 0 radical (unpaired) electrons. The fraction of sp³-hybridized carbons (Fsp3) is 0.500. The second kappa shape index (κ2) is 6.63. The van der Waals surface area contributed by atoms with Gasteiger partial charge in [-0.1, -0.05) is 6.07 Å². The van der Waals surface area contributed by atoms with Crippen molar-refractivity contribution in [1.82, 2.24) is 4.90 Å². The number of carbonyl (C=O) groups excluding carboxylic acids is 3. The zero-order valence-corrected chi connectivity index (χ0v) is 14.0. The summed E-state index contributed by atoms with van der Waals surface area (Å²) in [5.41, 5.74) is 1.62. The number of likely N-dealkylation sites (tertiary alicyclic amines) is 1. The van der Waals surface area contributed by atoms with E-state index in [-0.39, 0.29) is 23.5 Å². The van der Waals surface area contributed by atoms with Gasteiger partial charge in [0.2, 0.25) is 11.8 Å². The van der Waals surface area contributed by atoms with E-state index in [4.69, 9.17) is 4.74 Å². The van der Waals surface area contributed by atoms with Gasteiger partial charge in [0.15, 0.2) is 0 Å². The highest BCUT2D eigenvalue weighted by atomic mass is 16.5. The minimum Gasteiger partial charge on any atom is -0.495 e. The summed E-state index contributed by atoms with van der Waals surface area (Å²) in [6.07, 6.45) is 2.08. The normalized spacial score (nSPS) is 20.7. The van der Waals surface area contributed by atoms with Gasteiger partial charge in [-0.25, -0.2) is 0 Å². The maximum Gasteiger partial charge on any atom is 0.247 e. The molecule has 6 nitrogen and oxygen atoms in total. The molecule has 128 valence electrons. The van der Waals surface area contributed by atoms with Gasteiger partial charge in [-0.2, -0.15) is 0 Å². The Hall–Kier alpha value is -2.37. The number of methoxy groups -OCH3 is 1. The molecule has 2 aliphatic rings. The van der Waals surface area contributed by atoms with Crippen molar-refractivity contribution in [3.05, 3.63) is 23.8 Å². The van der Waals surface area contributed by atoms with Gasteiger partial charge in [0.25, 0.3) is 0 Å². The summed E-state index contributed by atoms with van der Waals surface area (Å²) in [6.45, 7) is 2.51. The van der Waals surface area contributed by atoms with Crippen molar-refractivity contribution in [1.29, 1.82) is 0 Å². The number of Topliss-reactive ketones (excluding diaryl/α,β-unsaturated/α-hetero) is 1. The van der Waals surface area contributed by atoms with Crippen LogP contribution in [0.2, 0.25) is 0 Å². The predicted octanol–water partition coefficient (Wildman–Crippen LogP) is 1.91. The zero-order valence-electron chi connectivity index (χ0n) is 14.0. The molecule has 1 aliphatic carbocycles. The number of hydrogen-bond donors (Lipinski definition) is 1. The first-order valence-corrected chi connectivity index (χ1v) is 8.27. The first-order chi connectivity index (χ1) is 11.5. The minimum atomic E-state index is -0.474. The molecule has 1 saturated carbocycles. The molecule has 1 saturated heterocycles. The largest absolute Gasteiger partial charge is 0.495 e. The highest BCUT2D eigenvalue weighted by molar-refractivity contribution is 6.01. The van der Waals surface area contributed by atoms with Crippen molar-refractivity contribution in [2.24, 2.45) is 5.92 Å². The van der Waals surface area contributed by atoms with Crippen LogP contribution in [0.25, 0.3) is 0 Å². The van der Waals surface area contributed by atoms with Crippen molar-refractivity contribution < 1.29 is 19.1 Å². The van der Waals surface area contributed by atoms with Gasteiger partial charge in [0.05, 0.1) is 18.7 Å². The molecule has 2 fully saturated rings. The Kier molecular flexibility index (Phi) is 4.55. The van der Waals surface area contributed by atoms with E-state index in [9.17, 15) is 14.4 Å². The van der Waals surface area contributed by atoms with Crippen LogP contribution in [0.15, 0.2) is 18.2 Å². The van der Waals surface area contributed by atoms with Crippen LogP contribution < -0.4 is 10.1 Å². The Morgan fingerprint density at radius 3 is 2.71 bits per heavy atom. The van der Waals surface area contributed by atoms with Crippen LogP contribution in [0.4, 0.5) is 5.69 Å². The van der Waals surface area contributed by atoms with E-state index in [2.05, 4.69) is 5.32 Å². The zero-order chi connectivity index (χ0) is 17.3. The minimum absolute atomic E-state index is 0.0662. The van der Waals surface area contributed by atoms with E-state index < -0.39 is 6.04 Å². The molecule has 1 N–H and O–H groups in total. The molecule has 0 spiro atoms. The van der Waals surface area contributed by atoms with Crippen LogP contribution >= 0.6 is 0 Å². The lowest BCUT2D eigenvalue weighted by Crippen LogP contribution is -2.48. The van der Waals surface area contributed by atoms with E-state index in [0.29, 0.717) is 37.2 Å². The van der Waals surface area contributed by atoms with Gasteiger partial charge in [-0.05, 0) is 37.5 Å². The molecule has 1 aliphatic heterocycles. The number of aryl methyl sites for hydroxylation is 1.